The van der Waals surface area contributed by atoms with Crippen molar-refractivity contribution in [1.82, 2.24) is 4.90 Å². The van der Waals surface area contributed by atoms with Gasteiger partial charge in [-0.3, -0.25) is 14.4 Å². The second-order valence-electron chi connectivity index (χ2n) is 5.35. The Morgan fingerprint density at radius 3 is 2.87 bits per heavy atom. The zero-order valence-corrected chi connectivity index (χ0v) is 14.3. The molecule has 23 heavy (non-hydrogen) atoms. The van der Waals surface area contributed by atoms with Crippen LogP contribution in [0.15, 0.2) is 28.7 Å². The molecule has 0 aliphatic carbocycles. The topological polar surface area (TPSA) is 75.7 Å². The third kappa shape index (κ3) is 6.02. The summed E-state index contributed by atoms with van der Waals surface area (Å²) in [5.74, 6) is -1.01. The van der Waals surface area contributed by atoms with Crippen LogP contribution in [0.2, 0.25) is 0 Å². The average molecular weight is 383 g/mol. The van der Waals surface area contributed by atoms with Gasteiger partial charge in [0.05, 0.1) is 0 Å². The van der Waals surface area contributed by atoms with E-state index in [1.807, 2.05) is 6.07 Å². The van der Waals surface area contributed by atoms with Crippen LogP contribution in [-0.4, -0.2) is 42.4 Å². The number of ether oxygens (including phenoxy) is 1. The maximum Gasteiger partial charge on any atom is 0.326 e. The molecule has 1 aromatic rings. The first-order chi connectivity index (χ1) is 11.0. The predicted octanol–water partition coefficient (Wildman–Crippen LogP) is 2.33. The second kappa shape index (κ2) is 8.67. The summed E-state index contributed by atoms with van der Waals surface area (Å²) in [4.78, 5) is 36.8. The number of nitrogens with zero attached hydrogens (tertiary/aromatic N) is 1. The number of nitrogens with one attached hydrogen (secondary N) is 1. The fourth-order valence-electron chi connectivity index (χ4n) is 2.32. The first-order valence-electron chi connectivity index (χ1n) is 7.53. The summed E-state index contributed by atoms with van der Waals surface area (Å²) in [6, 6.07) is 7.11. The molecule has 1 aromatic carbocycles. The number of carbonyl (C=O) groups excluding carboxylic acids is 3. The monoisotopic (exact) mass is 382 g/mol. The predicted molar refractivity (Wildman–Crippen MR) is 88.8 cm³/mol. The molecule has 0 atom stereocenters. The molecule has 0 unspecified atom stereocenters. The number of hydrogen-bond acceptors (Lipinski definition) is 4. The Morgan fingerprint density at radius 2 is 2.09 bits per heavy atom. The third-order valence-electron chi connectivity index (χ3n) is 3.46. The molecule has 7 heteroatoms. The molecule has 0 saturated carbocycles. The summed E-state index contributed by atoms with van der Waals surface area (Å²) in [5, 5.41) is 2.63. The molecule has 2 rings (SSSR count). The highest BCUT2D eigenvalue weighted by Crippen LogP contribution is 2.15. The summed E-state index contributed by atoms with van der Waals surface area (Å²) in [5.41, 5.74) is 0.614. The van der Waals surface area contributed by atoms with Crippen molar-refractivity contribution in [3.8, 4) is 0 Å². The van der Waals surface area contributed by atoms with E-state index in [1.165, 1.54) is 4.90 Å². The van der Waals surface area contributed by atoms with E-state index >= 15 is 0 Å². The van der Waals surface area contributed by atoms with E-state index in [1.54, 1.807) is 18.2 Å². The molecule has 0 bridgehead atoms. The smallest absolute Gasteiger partial charge is 0.326 e. The van der Waals surface area contributed by atoms with Crippen molar-refractivity contribution in [1.29, 1.82) is 0 Å². The molecule has 1 aliphatic heterocycles. The molecule has 1 saturated heterocycles. The number of carbonyl (C=O) groups is 3. The summed E-state index contributed by atoms with van der Waals surface area (Å²) in [6.07, 6.45) is 3.21. The minimum Gasteiger partial charge on any atom is -0.454 e. The van der Waals surface area contributed by atoms with Gasteiger partial charge in [0.1, 0.15) is 6.54 Å². The zero-order valence-electron chi connectivity index (χ0n) is 12.7. The lowest BCUT2D eigenvalue weighted by Gasteiger charge is -2.19. The third-order valence-corrected chi connectivity index (χ3v) is 3.96. The molecular formula is C16H19BrN2O4. The molecule has 6 nitrogen and oxygen atoms in total. The summed E-state index contributed by atoms with van der Waals surface area (Å²) >= 11 is 3.31. The van der Waals surface area contributed by atoms with E-state index in [-0.39, 0.29) is 19.1 Å². The second-order valence-corrected chi connectivity index (χ2v) is 6.26. The van der Waals surface area contributed by atoms with Gasteiger partial charge in [-0.1, -0.05) is 28.4 Å². The van der Waals surface area contributed by atoms with Gasteiger partial charge in [-0.05, 0) is 31.0 Å². The lowest BCUT2D eigenvalue weighted by Crippen LogP contribution is -2.36. The highest BCUT2D eigenvalue weighted by atomic mass is 79.9. The van der Waals surface area contributed by atoms with Crippen molar-refractivity contribution in [2.24, 2.45) is 0 Å². The zero-order chi connectivity index (χ0) is 16.7. The molecule has 1 N–H and O–H groups in total. The largest absolute Gasteiger partial charge is 0.454 e. The van der Waals surface area contributed by atoms with Crippen LogP contribution in [0.3, 0.4) is 0 Å². The Kier molecular flexibility index (Phi) is 6.58. The maximum atomic E-state index is 11.8. The number of amides is 2. The standard InChI is InChI=1S/C16H19BrN2O4/c17-12-5-4-6-13(9-12)18-14(20)11-23-16(22)10-19-8-3-1-2-7-15(19)21/h4-6,9H,1-3,7-8,10-11H2,(H,18,20). The van der Waals surface area contributed by atoms with Gasteiger partial charge in [0.2, 0.25) is 5.91 Å². The van der Waals surface area contributed by atoms with Gasteiger partial charge in [-0.25, -0.2) is 0 Å². The van der Waals surface area contributed by atoms with Crippen molar-refractivity contribution < 1.29 is 19.1 Å². The van der Waals surface area contributed by atoms with Gasteiger partial charge in [-0.15, -0.1) is 0 Å². The highest BCUT2D eigenvalue weighted by Gasteiger charge is 2.20. The lowest BCUT2D eigenvalue weighted by atomic mass is 10.2. The lowest BCUT2D eigenvalue weighted by molar-refractivity contribution is -0.151. The first-order valence-corrected chi connectivity index (χ1v) is 8.33. The fraction of sp³-hybridized carbons (Fsp3) is 0.438. The Morgan fingerprint density at radius 1 is 1.26 bits per heavy atom. The average Bonchev–Trinajstić information content (AvgIpc) is 2.70. The maximum absolute atomic E-state index is 11.8. The number of esters is 1. The number of hydrogen-bond donors (Lipinski definition) is 1. The molecule has 0 spiro atoms. The summed E-state index contributed by atoms with van der Waals surface area (Å²) < 4.78 is 5.78. The SMILES string of the molecule is O=C(COC(=O)CN1CCCCCC1=O)Nc1cccc(Br)c1. The van der Waals surface area contributed by atoms with Crippen LogP contribution in [0, 0.1) is 0 Å². The van der Waals surface area contributed by atoms with Gasteiger partial charge in [-0.2, -0.15) is 0 Å². The Labute approximate surface area is 143 Å². The summed E-state index contributed by atoms with van der Waals surface area (Å²) in [6.45, 7) is 0.106. The van der Waals surface area contributed by atoms with Crippen molar-refractivity contribution >= 4 is 39.4 Å². The fourth-order valence-corrected chi connectivity index (χ4v) is 2.72. The van der Waals surface area contributed by atoms with Crippen molar-refractivity contribution in [2.75, 3.05) is 25.0 Å². The molecule has 0 aromatic heterocycles. The van der Waals surface area contributed by atoms with Gasteiger partial charge in [0, 0.05) is 23.1 Å². The van der Waals surface area contributed by atoms with Crippen LogP contribution in [-0.2, 0) is 19.1 Å². The minimum atomic E-state index is -0.565. The van der Waals surface area contributed by atoms with Crippen molar-refractivity contribution in [2.45, 2.75) is 25.7 Å². The molecule has 1 fully saturated rings. The Balaban J connectivity index is 1.75. The Hall–Kier alpha value is -1.89. The normalized spacial score (nSPS) is 15.0. The van der Waals surface area contributed by atoms with Crippen molar-refractivity contribution in [3.05, 3.63) is 28.7 Å². The number of benzene rings is 1. The van der Waals surface area contributed by atoms with E-state index < -0.39 is 11.9 Å². The van der Waals surface area contributed by atoms with Gasteiger partial charge in [0.15, 0.2) is 6.61 Å². The molecule has 2 amide bonds. The van der Waals surface area contributed by atoms with E-state index in [0.717, 1.165) is 23.7 Å². The molecular weight excluding hydrogens is 364 g/mol. The first kappa shape index (κ1) is 17.5. The van der Waals surface area contributed by atoms with E-state index in [4.69, 9.17) is 4.74 Å². The molecule has 1 aliphatic rings. The van der Waals surface area contributed by atoms with Crippen LogP contribution in [0.5, 0.6) is 0 Å². The number of rotatable bonds is 5. The van der Waals surface area contributed by atoms with Crippen LogP contribution in [0.1, 0.15) is 25.7 Å². The van der Waals surface area contributed by atoms with E-state index in [9.17, 15) is 14.4 Å². The van der Waals surface area contributed by atoms with Crippen LogP contribution >= 0.6 is 15.9 Å². The van der Waals surface area contributed by atoms with E-state index in [0.29, 0.717) is 18.7 Å². The van der Waals surface area contributed by atoms with Crippen LogP contribution in [0.4, 0.5) is 5.69 Å². The van der Waals surface area contributed by atoms with E-state index in [2.05, 4.69) is 21.2 Å². The minimum absolute atomic E-state index is 0.0296. The summed E-state index contributed by atoms with van der Waals surface area (Å²) in [7, 11) is 0. The van der Waals surface area contributed by atoms with Gasteiger partial charge in [0.25, 0.3) is 5.91 Å². The molecule has 0 radical (unpaired) electrons. The number of halogens is 1. The highest BCUT2D eigenvalue weighted by molar-refractivity contribution is 9.10. The van der Waals surface area contributed by atoms with Crippen LogP contribution in [0.25, 0.3) is 0 Å². The molecule has 1 heterocycles. The number of likely N-dealkylation sites (tertiary alicyclic amines) is 1. The quantitative estimate of drug-likeness (QED) is 0.792. The number of anilines is 1. The molecule has 124 valence electrons. The van der Waals surface area contributed by atoms with Crippen LogP contribution < -0.4 is 5.32 Å². The van der Waals surface area contributed by atoms with Gasteiger partial charge >= 0.3 is 5.97 Å². The Bertz CT molecular complexity index is 591. The van der Waals surface area contributed by atoms with Gasteiger partial charge < -0.3 is 15.0 Å². The van der Waals surface area contributed by atoms with Crippen molar-refractivity contribution in [3.63, 3.8) is 0 Å².